The van der Waals surface area contributed by atoms with Crippen LogP contribution in [0.1, 0.15) is 118 Å². The van der Waals surface area contributed by atoms with Crippen molar-refractivity contribution in [2.75, 3.05) is 13.2 Å². The van der Waals surface area contributed by atoms with Crippen LogP contribution in [0.15, 0.2) is 0 Å². The summed E-state index contributed by atoms with van der Waals surface area (Å²) in [6, 6.07) is 0. The fourth-order valence-electron chi connectivity index (χ4n) is 6.30. The molecule has 2 heterocycles. The topological polar surface area (TPSA) is 105 Å². The van der Waals surface area contributed by atoms with Crippen molar-refractivity contribution in [1.82, 2.24) is 0 Å². The van der Waals surface area contributed by atoms with Gasteiger partial charge in [-0.1, -0.05) is 59.3 Å². The second-order valence-corrected chi connectivity index (χ2v) is 13.3. The number of carbonyl (C=O) groups excluding carboxylic acids is 4. The zero-order valence-electron chi connectivity index (χ0n) is 24.8. The fraction of sp³-hybridized carbons (Fsp3) is 0.871. The highest BCUT2D eigenvalue weighted by molar-refractivity contribution is 5.83. The van der Waals surface area contributed by atoms with Gasteiger partial charge in [-0.2, -0.15) is 0 Å². The first-order chi connectivity index (χ1) is 18.4. The summed E-state index contributed by atoms with van der Waals surface area (Å²) in [4.78, 5) is 50.7. The molecule has 0 spiro atoms. The van der Waals surface area contributed by atoms with E-state index in [0.29, 0.717) is 37.5 Å². The van der Waals surface area contributed by atoms with E-state index >= 15 is 0 Å². The average Bonchev–Trinajstić information content (AvgIpc) is 2.82. The van der Waals surface area contributed by atoms with Gasteiger partial charge in [-0.25, -0.2) is 0 Å². The molecule has 1 saturated carbocycles. The molecule has 0 radical (unpaired) electrons. The molecule has 8 heteroatoms. The van der Waals surface area contributed by atoms with E-state index in [0.717, 1.165) is 25.2 Å². The molecule has 0 amide bonds. The number of ether oxygens (including phenoxy) is 4. The maximum absolute atomic E-state index is 13.6. The van der Waals surface area contributed by atoms with E-state index in [9.17, 15) is 19.2 Å². The highest BCUT2D eigenvalue weighted by atomic mass is 16.6. The van der Waals surface area contributed by atoms with E-state index < -0.39 is 35.0 Å². The van der Waals surface area contributed by atoms with Crippen LogP contribution in [0, 0.1) is 29.6 Å². The molecule has 39 heavy (non-hydrogen) atoms. The number of cyclic esters (lactones) is 2. The number of esters is 4. The SMILES string of the molecule is CC(C)CCCC(C)CCCC1CCC(C(=O)OC2(C)CCOC(=O)C2)C(C(=O)OC2(C)CCOC(=O)C2)C1. The van der Waals surface area contributed by atoms with Crippen LogP contribution in [0.2, 0.25) is 0 Å². The van der Waals surface area contributed by atoms with Gasteiger partial charge in [0.15, 0.2) is 0 Å². The van der Waals surface area contributed by atoms with Gasteiger partial charge < -0.3 is 18.9 Å². The van der Waals surface area contributed by atoms with Gasteiger partial charge >= 0.3 is 23.9 Å². The van der Waals surface area contributed by atoms with Gasteiger partial charge in [0.1, 0.15) is 11.2 Å². The van der Waals surface area contributed by atoms with Gasteiger partial charge in [0.05, 0.1) is 37.9 Å². The molecule has 222 valence electrons. The van der Waals surface area contributed by atoms with Gasteiger partial charge in [0.25, 0.3) is 0 Å². The van der Waals surface area contributed by atoms with Crippen molar-refractivity contribution in [3.05, 3.63) is 0 Å². The molecule has 0 aromatic heterocycles. The molecule has 3 aliphatic rings. The first-order valence-electron chi connectivity index (χ1n) is 15.1. The summed E-state index contributed by atoms with van der Waals surface area (Å²) in [6.45, 7) is 10.8. The van der Waals surface area contributed by atoms with Crippen molar-refractivity contribution in [3.8, 4) is 0 Å². The smallest absolute Gasteiger partial charge is 0.310 e. The summed E-state index contributed by atoms with van der Waals surface area (Å²) in [7, 11) is 0. The molecule has 6 unspecified atom stereocenters. The van der Waals surface area contributed by atoms with Crippen LogP contribution in [-0.2, 0) is 38.1 Å². The maximum atomic E-state index is 13.6. The molecular formula is C31H50O8. The Morgan fingerprint density at radius 1 is 0.821 bits per heavy atom. The summed E-state index contributed by atoms with van der Waals surface area (Å²) in [5.41, 5.74) is -1.86. The van der Waals surface area contributed by atoms with Gasteiger partial charge in [-0.05, 0) is 50.9 Å². The van der Waals surface area contributed by atoms with E-state index in [1.807, 2.05) is 0 Å². The van der Waals surface area contributed by atoms with Gasteiger partial charge in [0.2, 0.25) is 0 Å². The Kier molecular flexibility index (Phi) is 11.3. The van der Waals surface area contributed by atoms with Crippen LogP contribution in [0.25, 0.3) is 0 Å². The van der Waals surface area contributed by atoms with Crippen molar-refractivity contribution >= 4 is 23.9 Å². The second kappa shape index (κ2) is 14.0. The highest BCUT2D eigenvalue weighted by Crippen LogP contribution is 2.41. The van der Waals surface area contributed by atoms with E-state index in [-0.39, 0.29) is 38.0 Å². The summed E-state index contributed by atoms with van der Waals surface area (Å²) in [5, 5.41) is 0. The Labute approximate surface area is 234 Å². The lowest BCUT2D eigenvalue weighted by Gasteiger charge is -2.39. The summed E-state index contributed by atoms with van der Waals surface area (Å²) < 4.78 is 21.9. The molecule has 0 aromatic rings. The monoisotopic (exact) mass is 550 g/mol. The molecule has 0 bridgehead atoms. The Morgan fingerprint density at radius 2 is 1.36 bits per heavy atom. The van der Waals surface area contributed by atoms with E-state index in [2.05, 4.69) is 20.8 Å². The molecule has 2 aliphatic heterocycles. The first-order valence-corrected chi connectivity index (χ1v) is 15.1. The summed E-state index contributed by atoms with van der Waals surface area (Å²) in [5.74, 6) is -1.14. The van der Waals surface area contributed by atoms with Gasteiger partial charge in [0, 0.05) is 12.8 Å². The largest absolute Gasteiger partial charge is 0.465 e. The van der Waals surface area contributed by atoms with Crippen molar-refractivity contribution in [2.45, 2.75) is 129 Å². The predicted octanol–water partition coefficient (Wildman–Crippen LogP) is 5.93. The average molecular weight is 551 g/mol. The second-order valence-electron chi connectivity index (χ2n) is 13.3. The maximum Gasteiger partial charge on any atom is 0.310 e. The van der Waals surface area contributed by atoms with Crippen molar-refractivity contribution in [2.24, 2.45) is 29.6 Å². The Balaban J connectivity index is 1.62. The molecule has 3 rings (SSSR count). The predicted molar refractivity (Wildman–Crippen MR) is 145 cm³/mol. The quantitative estimate of drug-likeness (QED) is 0.217. The minimum absolute atomic E-state index is 0.0126. The number of hydrogen-bond acceptors (Lipinski definition) is 8. The molecule has 1 aliphatic carbocycles. The summed E-state index contributed by atoms with van der Waals surface area (Å²) in [6.07, 6.45) is 9.95. The van der Waals surface area contributed by atoms with Crippen molar-refractivity contribution < 1.29 is 38.1 Å². The standard InChI is InChI=1S/C31H50O8/c1-21(2)8-6-9-22(3)10-7-11-23-12-13-24(28(34)38-30(4)14-16-36-26(32)19-30)25(18-23)29(35)39-31(5)15-17-37-27(33)20-31/h21-25H,6-20H2,1-5H3. The van der Waals surface area contributed by atoms with Crippen LogP contribution in [0.4, 0.5) is 0 Å². The third-order valence-corrected chi connectivity index (χ3v) is 8.87. The van der Waals surface area contributed by atoms with E-state index in [4.69, 9.17) is 18.9 Å². The third kappa shape index (κ3) is 9.78. The van der Waals surface area contributed by atoms with E-state index in [1.165, 1.54) is 25.7 Å². The lowest BCUT2D eigenvalue weighted by Crippen LogP contribution is -2.47. The fourth-order valence-corrected chi connectivity index (χ4v) is 6.30. The van der Waals surface area contributed by atoms with Crippen LogP contribution in [0.5, 0.6) is 0 Å². The summed E-state index contributed by atoms with van der Waals surface area (Å²) >= 11 is 0. The lowest BCUT2D eigenvalue weighted by atomic mass is 9.72. The minimum Gasteiger partial charge on any atom is -0.465 e. The molecule has 2 saturated heterocycles. The van der Waals surface area contributed by atoms with Gasteiger partial charge in [-0.15, -0.1) is 0 Å². The van der Waals surface area contributed by atoms with Crippen LogP contribution in [0.3, 0.4) is 0 Å². The van der Waals surface area contributed by atoms with Crippen LogP contribution >= 0.6 is 0 Å². The van der Waals surface area contributed by atoms with Gasteiger partial charge in [-0.3, -0.25) is 19.2 Å². The molecule has 8 nitrogen and oxygen atoms in total. The van der Waals surface area contributed by atoms with E-state index in [1.54, 1.807) is 13.8 Å². The molecule has 0 N–H and O–H groups in total. The zero-order chi connectivity index (χ0) is 28.6. The molecule has 0 aromatic carbocycles. The Bertz CT molecular complexity index is 869. The normalized spacial score (nSPS) is 32.2. The molecule has 3 fully saturated rings. The van der Waals surface area contributed by atoms with Crippen LogP contribution < -0.4 is 0 Å². The van der Waals surface area contributed by atoms with Crippen molar-refractivity contribution in [3.63, 3.8) is 0 Å². The Morgan fingerprint density at radius 3 is 1.90 bits per heavy atom. The number of carbonyl (C=O) groups is 4. The zero-order valence-corrected chi connectivity index (χ0v) is 24.8. The number of rotatable bonds is 12. The first kappa shape index (κ1) is 31.4. The molecular weight excluding hydrogens is 500 g/mol. The minimum atomic E-state index is -0.932. The number of hydrogen-bond donors (Lipinski definition) is 0. The van der Waals surface area contributed by atoms with Crippen LogP contribution in [-0.4, -0.2) is 48.3 Å². The lowest BCUT2D eigenvalue weighted by molar-refractivity contribution is -0.191. The van der Waals surface area contributed by atoms with Crippen molar-refractivity contribution in [1.29, 1.82) is 0 Å². The highest BCUT2D eigenvalue weighted by Gasteiger charge is 2.46. The third-order valence-electron chi connectivity index (χ3n) is 8.87. The molecule has 6 atom stereocenters. The Hall–Kier alpha value is -2.12.